The van der Waals surface area contributed by atoms with Gasteiger partial charge in [0.1, 0.15) is 5.82 Å². The molecule has 1 fully saturated rings. The van der Waals surface area contributed by atoms with Crippen molar-refractivity contribution in [2.24, 2.45) is 0 Å². The molecule has 0 unspecified atom stereocenters. The van der Waals surface area contributed by atoms with Gasteiger partial charge in [0, 0.05) is 5.54 Å². The Hall–Kier alpha value is -2.04. The van der Waals surface area contributed by atoms with Crippen LogP contribution in [-0.2, 0) is 14.8 Å². The van der Waals surface area contributed by atoms with E-state index in [0.717, 1.165) is 17.0 Å². The van der Waals surface area contributed by atoms with Crippen molar-refractivity contribution >= 4 is 22.0 Å². The Labute approximate surface area is 165 Å². The monoisotopic (exact) mass is 415 g/mol. The summed E-state index contributed by atoms with van der Waals surface area (Å²) in [6, 6.07) is 3.66. The molecule has 0 aromatic heterocycles. The molecule has 1 saturated heterocycles. The van der Waals surface area contributed by atoms with Gasteiger partial charge in [-0.25, -0.2) is 17.6 Å². The van der Waals surface area contributed by atoms with Gasteiger partial charge >= 0.3 is 6.03 Å². The third-order valence-electron chi connectivity index (χ3n) is 4.55. The lowest BCUT2D eigenvalue weighted by Gasteiger charge is -2.34. The molecule has 0 aliphatic carbocycles. The first-order valence-corrected chi connectivity index (χ1v) is 10.6. The van der Waals surface area contributed by atoms with Crippen molar-refractivity contribution in [1.82, 2.24) is 14.9 Å². The van der Waals surface area contributed by atoms with E-state index in [1.165, 1.54) is 16.4 Å². The predicted octanol–water partition coefficient (Wildman–Crippen LogP) is -0.272. The van der Waals surface area contributed by atoms with Crippen molar-refractivity contribution in [3.05, 3.63) is 30.1 Å². The summed E-state index contributed by atoms with van der Waals surface area (Å²) >= 11 is 0. The molecule has 3 N–H and O–H groups in total. The van der Waals surface area contributed by atoms with E-state index in [1.54, 1.807) is 6.92 Å². The number of quaternary nitrogens is 1. The Morgan fingerprint density at radius 2 is 1.68 bits per heavy atom. The van der Waals surface area contributed by atoms with E-state index in [1.807, 2.05) is 20.8 Å². The van der Waals surface area contributed by atoms with Gasteiger partial charge in [-0.1, -0.05) is 0 Å². The molecule has 1 aliphatic heterocycles. The number of halogens is 1. The molecule has 1 heterocycles. The van der Waals surface area contributed by atoms with Crippen molar-refractivity contribution in [3.8, 4) is 0 Å². The van der Waals surface area contributed by atoms with E-state index in [4.69, 9.17) is 0 Å². The van der Waals surface area contributed by atoms with Crippen LogP contribution in [0.15, 0.2) is 29.2 Å². The van der Waals surface area contributed by atoms with Gasteiger partial charge in [-0.05, 0) is 52.0 Å². The van der Waals surface area contributed by atoms with Crippen LogP contribution >= 0.6 is 0 Å². The maximum Gasteiger partial charge on any atom is 0.322 e. The van der Waals surface area contributed by atoms with Crippen LogP contribution in [0, 0.1) is 5.82 Å². The van der Waals surface area contributed by atoms with Crippen LogP contribution in [0.5, 0.6) is 0 Å². The number of carbonyl (C=O) groups is 2. The second-order valence-corrected chi connectivity index (χ2v) is 9.87. The number of nitrogens with zero attached hydrogens (tertiary/aromatic N) is 1. The lowest BCUT2D eigenvalue weighted by Crippen LogP contribution is -3.19. The largest absolute Gasteiger partial charge is 0.333 e. The Morgan fingerprint density at radius 3 is 2.18 bits per heavy atom. The first-order valence-electron chi connectivity index (χ1n) is 9.13. The highest BCUT2D eigenvalue weighted by molar-refractivity contribution is 7.89. The number of hydrogen-bond acceptors (Lipinski definition) is 4. The molecular weight excluding hydrogens is 387 g/mol. The van der Waals surface area contributed by atoms with Crippen LogP contribution in [0.2, 0.25) is 0 Å². The maximum atomic E-state index is 13.0. The third-order valence-corrected chi connectivity index (χ3v) is 6.46. The van der Waals surface area contributed by atoms with Gasteiger partial charge < -0.3 is 10.2 Å². The molecule has 0 spiro atoms. The Balaban J connectivity index is 1.93. The first-order chi connectivity index (χ1) is 12.9. The normalized spacial score (nSPS) is 17.8. The molecule has 8 nitrogen and oxygen atoms in total. The predicted molar refractivity (Wildman–Crippen MR) is 102 cm³/mol. The number of carbonyl (C=O) groups excluding carboxylic acids is 2. The number of hydrogen-bond donors (Lipinski definition) is 3. The molecule has 28 heavy (non-hydrogen) atoms. The van der Waals surface area contributed by atoms with E-state index in [-0.39, 0.29) is 18.0 Å². The summed E-state index contributed by atoms with van der Waals surface area (Å²) in [5.41, 5.74) is -0.458. The van der Waals surface area contributed by atoms with Crippen molar-refractivity contribution in [1.29, 1.82) is 0 Å². The third kappa shape index (κ3) is 5.73. The minimum atomic E-state index is -3.70. The first kappa shape index (κ1) is 22.3. The fourth-order valence-electron chi connectivity index (χ4n) is 2.98. The molecule has 0 bridgehead atoms. The van der Waals surface area contributed by atoms with Crippen molar-refractivity contribution < 1.29 is 27.3 Å². The van der Waals surface area contributed by atoms with Gasteiger partial charge in [-0.2, -0.15) is 4.31 Å². The van der Waals surface area contributed by atoms with Gasteiger partial charge in [-0.3, -0.25) is 10.1 Å². The number of imide groups is 1. The zero-order valence-corrected chi connectivity index (χ0v) is 17.4. The molecule has 1 aliphatic rings. The number of sulfonamides is 1. The van der Waals surface area contributed by atoms with Crippen molar-refractivity contribution in [3.63, 3.8) is 0 Å². The summed E-state index contributed by atoms with van der Waals surface area (Å²) in [6.45, 7) is 8.47. The summed E-state index contributed by atoms with van der Waals surface area (Å²) in [7, 11) is -3.70. The van der Waals surface area contributed by atoms with Crippen molar-refractivity contribution in [2.45, 2.75) is 44.2 Å². The summed E-state index contributed by atoms with van der Waals surface area (Å²) in [4.78, 5) is 25.1. The van der Waals surface area contributed by atoms with Crippen LogP contribution in [0.1, 0.15) is 27.7 Å². The summed E-state index contributed by atoms with van der Waals surface area (Å²) < 4.78 is 39.7. The van der Waals surface area contributed by atoms with Gasteiger partial charge in [0.05, 0.1) is 31.1 Å². The molecule has 3 amide bonds. The lowest BCUT2D eigenvalue weighted by atomic mass is 10.1. The van der Waals surface area contributed by atoms with E-state index in [0.29, 0.717) is 13.1 Å². The SMILES string of the molecule is C[C@H](C(=O)NC(=O)NC(C)(C)C)[NH+]1CCN(S(=O)(=O)c2ccc(F)cc2)CC1. The van der Waals surface area contributed by atoms with Gasteiger partial charge in [0.25, 0.3) is 5.91 Å². The highest BCUT2D eigenvalue weighted by atomic mass is 32.2. The van der Waals surface area contributed by atoms with E-state index >= 15 is 0 Å². The second-order valence-electron chi connectivity index (χ2n) is 7.93. The Bertz CT molecular complexity index is 813. The van der Waals surface area contributed by atoms with Crippen LogP contribution in [0.25, 0.3) is 0 Å². The Kier molecular flexibility index (Phi) is 6.79. The van der Waals surface area contributed by atoms with Gasteiger partial charge in [0.2, 0.25) is 10.0 Å². The van der Waals surface area contributed by atoms with Crippen LogP contribution in [-0.4, -0.2) is 62.4 Å². The average molecular weight is 416 g/mol. The van der Waals surface area contributed by atoms with Crippen LogP contribution in [0.3, 0.4) is 0 Å². The standard InChI is InChI=1S/C18H27FN4O4S/c1-13(16(24)20-17(25)21-18(2,3)4)22-9-11-23(12-10-22)28(26,27)15-7-5-14(19)6-8-15/h5-8,13H,9-12H2,1-4H3,(H2,20,21,24,25)/p+1/t13-/m1/s1. The number of urea groups is 1. The van der Waals surface area contributed by atoms with E-state index in [9.17, 15) is 22.4 Å². The van der Waals surface area contributed by atoms with Crippen molar-refractivity contribution in [2.75, 3.05) is 26.2 Å². The summed E-state index contributed by atoms with van der Waals surface area (Å²) in [5, 5.41) is 4.99. The molecule has 10 heteroatoms. The highest BCUT2D eigenvalue weighted by Gasteiger charge is 2.35. The van der Waals surface area contributed by atoms with Gasteiger partial charge in [0.15, 0.2) is 6.04 Å². The van der Waals surface area contributed by atoms with E-state index in [2.05, 4.69) is 10.6 Å². The minimum Gasteiger partial charge on any atom is -0.333 e. The molecule has 0 saturated carbocycles. The smallest absolute Gasteiger partial charge is 0.322 e. The zero-order valence-electron chi connectivity index (χ0n) is 16.6. The lowest BCUT2D eigenvalue weighted by molar-refractivity contribution is -0.917. The minimum absolute atomic E-state index is 0.0435. The molecular formula is C18H28FN4O4S+. The van der Waals surface area contributed by atoms with E-state index < -0.39 is 39.4 Å². The number of nitrogens with one attached hydrogen (secondary N) is 3. The molecule has 1 aromatic rings. The molecule has 0 radical (unpaired) electrons. The number of amides is 3. The fraction of sp³-hybridized carbons (Fsp3) is 0.556. The topological polar surface area (TPSA) is 100 Å². The summed E-state index contributed by atoms with van der Waals surface area (Å²) in [5.74, 6) is -0.907. The van der Waals surface area contributed by atoms with Crippen LogP contribution in [0.4, 0.5) is 9.18 Å². The van der Waals surface area contributed by atoms with Gasteiger partial charge in [-0.15, -0.1) is 0 Å². The quantitative estimate of drug-likeness (QED) is 0.630. The maximum absolute atomic E-state index is 13.0. The zero-order chi connectivity index (χ0) is 21.1. The average Bonchev–Trinajstić information content (AvgIpc) is 2.59. The molecule has 156 valence electrons. The number of benzene rings is 1. The second kappa shape index (κ2) is 8.54. The number of piperazine rings is 1. The summed E-state index contributed by atoms with van der Waals surface area (Å²) in [6.07, 6.45) is 0. The van der Waals surface area contributed by atoms with Crippen LogP contribution < -0.4 is 15.5 Å². The highest BCUT2D eigenvalue weighted by Crippen LogP contribution is 2.16. The molecule has 2 rings (SSSR count). The molecule has 1 atom stereocenters. The molecule has 1 aromatic carbocycles. The Morgan fingerprint density at radius 1 is 1.14 bits per heavy atom. The number of rotatable bonds is 4. The fourth-order valence-corrected chi connectivity index (χ4v) is 4.42.